The summed E-state index contributed by atoms with van der Waals surface area (Å²) in [6.07, 6.45) is 6.27. The molecule has 0 saturated heterocycles. The van der Waals surface area contributed by atoms with Gasteiger partial charge in [0.25, 0.3) is 0 Å². The van der Waals surface area contributed by atoms with Crippen molar-refractivity contribution in [2.75, 3.05) is 6.61 Å². The highest BCUT2D eigenvalue weighted by Crippen LogP contribution is 2.36. The number of rotatable bonds is 2. The van der Waals surface area contributed by atoms with Crippen molar-refractivity contribution in [1.82, 2.24) is 19.9 Å². The molecule has 0 radical (unpaired) electrons. The van der Waals surface area contributed by atoms with Gasteiger partial charge < -0.3 is 14.8 Å². The number of nitrogens with zero attached hydrogens (tertiary/aromatic N) is 3. The van der Waals surface area contributed by atoms with Crippen molar-refractivity contribution in [3.8, 4) is 0 Å². The number of ether oxygens (including phenoxy) is 1. The van der Waals surface area contributed by atoms with E-state index in [0.29, 0.717) is 16.2 Å². The van der Waals surface area contributed by atoms with Gasteiger partial charge in [-0.15, -0.1) is 0 Å². The highest BCUT2D eigenvalue weighted by molar-refractivity contribution is 6.33. The number of hydrogen-bond acceptors (Lipinski definition) is 5. The first kappa shape index (κ1) is 16.7. The molecule has 2 aromatic rings. The summed E-state index contributed by atoms with van der Waals surface area (Å²) >= 11 is 6.07. The lowest BCUT2D eigenvalue weighted by Crippen LogP contribution is -2.43. The van der Waals surface area contributed by atoms with Gasteiger partial charge in [0.1, 0.15) is 17.4 Å². The van der Waals surface area contributed by atoms with Crippen LogP contribution in [0.1, 0.15) is 32.4 Å². The molecule has 0 unspecified atom stereocenters. The Bertz CT molecular complexity index is 796. The number of aromatic amines is 1. The monoisotopic (exact) mass is 350 g/mol. The molecule has 8 heteroatoms. The second kappa shape index (κ2) is 6.07. The molecule has 7 nitrogen and oxygen atoms in total. The Hall–Kier alpha value is -2.12. The Morgan fingerprint density at radius 1 is 1.42 bits per heavy atom. The molecule has 1 amide bonds. The normalized spacial score (nSPS) is 20.8. The summed E-state index contributed by atoms with van der Waals surface area (Å²) in [5.74, 6) is 0. The molecular formula is C16H19ClN4O3. The van der Waals surface area contributed by atoms with E-state index in [1.54, 1.807) is 33.0 Å². The number of carbonyl (C=O) groups excluding carboxylic acids is 1. The van der Waals surface area contributed by atoms with E-state index in [1.807, 2.05) is 6.08 Å². The molecule has 128 valence electrons. The van der Waals surface area contributed by atoms with Gasteiger partial charge in [-0.2, -0.15) is 0 Å². The quantitative estimate of drug-likeness (QED) is 0.642. The van der Waals surface area contributed by atoms with Gasteiger partial charge in [0.15, 0.2) is 5.15 Å². The number of aliphatic hydroxyl groups is 1. The zero-order valence-electron chi connectivity index (χ0n) is 13.7. The SMILES string of the molecule is CC(C)(C)OC(=O)N1[C@H](CO)C=C[C@H]1c1c[nH]c2c(Cl)ncnc12. The number of hydrogen-bond donors (Lipinski definition) is 2. The van der Waals surface area contributed by atoms with Crippen LogP contribution in [0.15, 0.2) is 24.7 Å². The van der Waals surface area contributed by atoms with Crippen LogP contribution in [-0.4, -0.2) is 49.3 Å². The zero-order valence-corrected chi connectivity index (χ0v) is 14.4. The highest BCUT2D eigenvalue weighted by Gasteiger charge is 2.37. The lowest BCUT2D eigenvalue weighted by molar-refractivity contribution is 0.0115. The first-order chi connectivity index (χ1) is 11.3. The Morgan fingerprint density at radius 3 is 2.83 bits per heavy atom. The summed E-state index contributed by atoms with van der Waals surface area (Å²) in [7, 11) is 0. The van der Waals surface area contributed by atoms with Crippen molar-refractivity contribution in [2.24, 2.45) is 0 Å². The Balaban J connectivity index is 2.00. The van der Waals surface area contributed by atoms with E-state index in [-0.39, 0.29) is 6.61 Å². The number of fused-ring (bicyclic) bond motifs is 1. The molecule has 24 heavy (non-hydrogen) atoms. The fourth-order valence-electron chi connectivity index (χ4n) is 2.75. The maximum absolute atomic E-state index is 12.6. The van der Waals surface area contributed by atoms with Crippen LogP contribution in [0.4, 0.5) is 4.79 Å². The van der Waals surface area contributed by atoms with E-state index in [4.69, 9.17) is 16.3 Å². The molecule has 2 N–H and O–H groups in total. The molecule has 3 rings (SSSR count). The summed E-state index contributed by atoms with van der Waals surface area (Å²) < 4.78 is 5.48. The summed E-state index contributed by atoms with van der Waals surface area (Å²) in [6.45, 7) is 5.21. The van der Waals surface area contributed by atoms with Crippen LogP contribution < -0.4 is 0 Å². The maximum atomic E-state index is 12.6. The first-order valence-electron chi connectivity index (χ1n) is 7.60. The van der Waals surface area contributed by atoms with Gasteiger partial charge in [-0.1, -0.05) is 23.8 Å². The molecule has 0 saturated carbocycles. The first-order valence-corrected chi connectivity index (χ1v) is 7.97. The van der Waals surface area contributed by atoms with Gasteiger partial charge in [-0.25, -0.2) is 14.8 Å². The van der Waals surface area contributed by atoms with Crippen molar-refractivity contribution in [2.45, 2.75) is 38.5 Å². The Labute approximate surface area is 144 Å². The van der Waals surface area contributed by atoms with E-state index in [2.05, 4.69) is 15.0 Å². The molecule has 0 aromatic carbocycles. The van der Waals surface area contributed by atoms with E-state index in [9.17, 15) is 9.90 Å². The predicted molar refractivity (Wildman–Crippen MR) is 89.7 cm³/mol. The lowest BCUT2D eigenvalue weighted by Gasteiger charge is -2.32. The molecular weight excluding hydrogens is 332 g/mol. The van der Waals surface area contributed by atoms with Gasteiger partial charge in [0.05, 0.1) is 24.2 Å². The van der Waals surface area contributed by atoms with Crippen LogP contribution in [0.3, 0.4) is 0 Å². The topological polar surface area (TPSA) is 91.3 Å². The van der Waals surface area contributed by atoms with E-state index < -0.39 is 23.8 Å². The van der Waals surface area contributed by atoms with Gasteiger partial charge in [-0.3, -0.25) is 4.90 Å². The highest BCUT2D eigenvalue weighted by atomic mass is 35.5. The molecule has 3 heterocycles. The van der Waals surface area contributed by atoms with Gasteiger partial charge in [0, 0.05) is 11.8 Å². The number of aromatic nitrogens is 3. The third kappa shape index (κ3) is 2.97. The number of aliphatic hydroxyl groups excluding tert-OH is 1. The average Bonchev–Trinajstić information content (AvgIpc) is 3.09. The number of nitrogens with one attached hydrogen (secondary N) is 1. The van der Waals surface area contributed by atoms with Crippen LogP contribution in [-0.2, 0) is 4.74 Å². The third-order valence-corrected chi connectivity index (χ3v) is 4.02. The molecule has 2 atom stereocenters. The minimum atomic E-state index is -0.629. The molecule has 0 fully saturated rings. The standard InChI is InChI=1S/C16H19ClN4O3/c1-16(2,3)24-15(23)21-9(7-22)4-5-11(21)10-6-18-13-12(10)19-8-20-14(13)17/h4-6,8-9,11,18,22H,7H2,1-3H3/t9-,11-/m0/s1. The van der Waals surface area contributed by atoms with Crippen LogP contribution in [0.25, 0.3) is 11.0 Å². The fourth-order valence-corrected chi connectivity index (χ4v) is 2.93. The number of amides is 1. The van der Waals surface area contributed by atoms with E-state index in [0.717, 1.165) is 5.56 Å². The number of halogens is 1. The molecule has 2 aromatic heterocycles. The number of H-pyrrole nitrogens is 1. The summed E-state index contributed by atoms with van der Waals surface area (Å²) in [4.78, 5) is 25.4. The van der Waals surface area contributed by atoms with Crippen LogP contribution >= 0.6 is 11.6 Å². The largest absolute Gasteiger partial charge is 0.444 e. The summed E-state index contributed by atoms with van der Waals surface area (Å²) in [5, 5.41) is 9.92. The second-order valence-corrected chi connectivity index (χ2v) is 6.96. The van der Waals surface area contributed by atoms with E-state index in [1.165, 1.54) is 11.2 Å². The Kier molecular flexibility index (Phi) is 4.23. The van der Waals surface area contributed by atoms with Crippen LogP contribution in [0.2, 0.25) is 5.15 Å². The summed E-state index contributed by atoms with van der Waals surface area (Å²) in [6, 6.07) is -0.858. The van der Waals surface area contributed by atoms with Crippen LogP contribution in [0, 0.1) is 0 Å². The number of carbonyl (C=O) groups is 1. The molecule has 1 aliphatic heterocycles. The Morgan fingerprint density at radius 2 is 2.17 bits per heavy atom. The van der Waals surface area contributed by atoms with Crippen molar-refractivity contribution in [3.05, 3.63) is 35.4 Å². The van der Waals surface area contributed by atoms with Crippen molar-refractivity contribution >= 4 is 28.7 Å². The van der Waals surface area contributed by atoms with Gasteiger partial charge in [-0.05, 0) is 20.8 Å². The molecule has 1 aliphatic rings. The fraction of sp³-hybridized carbons (Fsp3) is 0.438. The second-order valence-electron chi connectivity index (χ2n) is 6.60. The average molecular weight is 351 g/mol. The predicted octanol–water partition coefficient (Wildman–Crippen LogP) is 2.82. The van der Waals surface area contributed by atoms with Crippen molar-refractivity contribution < 1.29 is 14.6 Å². The molecule has 0 aliphatic carbocycles. The smallest absolute Gasteiger partial charge is 0.411 e. The maximum Gasteiger partial charge on any atom is 0.411 e. The van der Waals surface area contributed by atoms with Crippen molar-refractivity contribution in [1.29, 1.82) is 0 Å². The minimum Gasteiger partial charge on any atom is -0.444 e. The van der Waals surface area contributed by atoms with Gasteiger partial charge in [0.2, 0.25) is 0 Å². The van der Waals surface area contributed by atoms with Crippen LogP contribution in [0.5, 0.6) is 0 Å². The summed E-state index contributed by atoms with van der Waals surface area (Å²) in [5.41, 5.74) is 1.39. The zero-order chi connectivity index (χ0) is 17.5. The third-order valence-electron chi connectivity index (χ3n) is 3.73. The lowest BCUT2D eigenvalue weighted by atomic mass is 10.1. The van der Waals surface area contributed by atoms with E-state index >= 15 is 0 Å². The van der Waals surface area contributed by atoms with Crippen molar-refractivity contribution in [3.63, 3.8) is 0 Å². The molecule has 0 spiro atoms. The molecule has 0 bridgehead atoms. The van der Waals surface area contributed by atoms with Gasteiger partial charge >= 0.3 is 6.09 Å². The minimum absolute atomic E-state index is 0.190.